The van der Waals surface area contributed by atoms with E-state index < -0.39 is 5.60 Å². The minimum absolute atomic E-state index is 0.495. The molecule has 0 aliphatic carbocycles. The SMILES string of the molecule is C[C](C)CN1CCCC(O)(C#N)C1. The third kappa shape index (κ3) is 2.98. The molecule has 0 saturated carbocycles. The van der Waals surface area contributed by atoms with Crippen molar-refractivity contribution in [1.29, 1.82) is 5.26 Å². The lowest BCUT2D eigenvalue weighted by Gasteiger charge is -2.35. The van der Waals surface area contributed by atoms with E-state index in [9.17, 15) is 5.11 Å². The molecule has 1 aliphatic rings. The van der Waals surface area contributed by atoms with Crippen LogP contribution in [-0.2, 0) is 0 Å². The van der Waals surface area contributed by atoms with Crippen molar-refractivity contribution < 1.29 is 5.11 Å². The van der Waals surface area contributed by atoms with E-state index in [0.717, 1.165) is 19.5 Å². The van der Waals surface area contributed by atoms with E-state index >= 15 is 0 Å². The van der Waals surface area contributed by atoms with Gasteiger partial charge < -0.3 is 5.11 Å². The van der Waals surface area contributed by atoms with Gasteiger partial charge in [-0.25, -0.2) is 0 Å². The highest BCUT2D eigenvalue weighted by Gasteiger charge is 2.32. The summed E-state index contributed by atoms with van der Waals surface area (Å²) in [6.45, 7) is 6.52. The maximum atomic E-state index is 9.75. The first-order valence-corrected chi connectivity index (χ1v) is 4.71. The van der Waals surface area contributed by atoms with Crippen LogP contribution in [0, 0.1) is 17.2 Å². The molecule has 1 atom stereocenters. The fraction of sp³-hybridized carbons (Fsp3) is 0.800. The van der Waals surface area contributed by atoms with Crippen LogP contribution in [0.5, 0.6) is 0 Å². The van der Waals surface area contributed by atoms with E-state index in [2.05, 4.69) is 18.7 Å². The second-order valence-corrected chi connectivity index (χ2v) is 4.16. The molecule has 3 nitrogen and oxygen atoms in total. The average molecular weight is 181 g/mol. The quantitative estimate of drug-likeness (QED) is 0.645. The summed E-state index contributed by atoms with van der Waals surface area (Å²) >= 11 is 0. The van der Waals surface area contributed by atoms with Gasteiger partial charge in [0.05, 0.1) is 6.07 Å². The lowest BCUT2D eigenvalue weighted by molar-refractivity contribution is 0.0163. The number of piperidine rings is 1. The van der Waals surface area contributed by atoms with E-state index in [-0.39, 0.29) is 0 Å². The molecule has 1 radical (unpaired) electrons. The zero-order chi connectivity index (χ0) is 9.90. The molecule has 1 aliphatic heterocycles. The van der Waals surface area contributed by atoms with E-state index in [0.29, 0.717) is 13.0 Å². The molecule has 1 fully saturated rings. The van der Waals surface area contributed by atoms with Crippen LogP contribution in [0.25, 0.3) is 0 Å². The second kappa shape index (κ2) is 4.08. The fourth-order valence-electron chi connectivity index (χ4n) is 1.80. The molecule has 1 unspecified atom stereocenters. The number of likely N-dealkylation sites (tertiary alicyclic amines) is 1. The minimum Gasteiger partial charge on any atom is -0.374 e. The van der Waals surface area contributed by atoms with Crippen LogP contribution < -0.4 is 0 Å². The van der Waals surface area contributed by atoms with Crippen molar-refractivity contribution in [3.63, 3.8) is 0 Å². The molecular weight excluding hydrogens is 164 g/mol. The van der Waals surface area contributed by atoms with E-state index in [1.54, 1.807) is 0 Å². The predicted octanol–water partition coefficient (Wildman–Crippen LogP) is 0.951. The monoisotopic (exact) mass is 181 g/mol. The van der Waals surface area contributed by atoms with E-state index in [1.165, 1.54) is 5.92 Å². The predicted molar refractivity (Wildman–Crippen MR) is 50.8 cm³/mol. The molecule has 13 heavy (non-hydrogen) atoms. The van der Waals surface area contributed by atoms with E-state index in [4.69, 9.17) is 5.26 Å². The molecule has 1 N–H and O–H groups in total. The van der Waals surface area contributed by atoms with Gasteiger partial charge in [-0.2, -0.15) is 5.26 Å². The Balaban J connectivity index is 2.48. The second-order valence-electron chi connectivity index (χ2n) is 4.16. The maximum Gasteiger partial charge on any atom is 0.163 e. The Morgan fingerprint density at radius 1 is 1.62 bits per heavy atom. The topological polar surface area (TPSA) is 47.3 Å². The van der Waals surface area contributed by atoms with Crippen LogP contribution in [0.15, 0.2) is 0 Å². The average Bonchev–Trinajstić information content (AvgIpc) is 2.03. The zero-order valence-corrected chi connectivity index (χ0v) is 8.38. The third-order valence-electron chi connectivity index (χ3n) is 2.30. The molecule has 0 spiro atoms. The summed E-state index contributed by atoms with van der Waals surface area (Å²) < 4.78 is 0. The van der Waals surface area contributed by atoms with Gasteiger partial charge in [0.15, 0.2) is 5.60 Å². The van der Waals surface area contributed by atoms with Crippen molar-refractivity contribution in [2.45, 2.75) is 32.3 Å². The highest BCUT2D eigenvalue weighted by molar-refractivity contribution is 5.05. The van der Waals surface area contributed by atoms with Crippen LogP contribution in [0.2, 0.25) is 0 Å². The van der Waals surface area contributed by atoms with Gasteiger partial charge >= 0.3 is 0 Å². The molecule has 1 heterocycles. The number of hydrogen-bond acceptors (Lipinski definition) is 3. The standard InChI is InChI=1S/C10H17N2O/c1-9(2)6-12-5-3-4-10(13,7-11)8-12/h13H,3-6,8H2,1-2H3. The number of aliphatic hydroxyl groups is 1. The largest absolute Gasteiger partial charge is 0.374 e. The van der Waals surface area contributed by atoms with Crippen molar-refractivity contribution in [3.8, 4) is 6.07 Å². The van der Waals surface area contributed by atoms with Crippen molar-refractivity contribution in [1.82, 2.24) is 4.90 Å². The Labute approximate surface area is 80.0 Å². The van der Waals surface area contributed by atoms with Gasteiger partial charge in [0.2, 0.25) is 0 Å². The van der Waals surface area contributed by atoms with Crippen molar-refractivity contribution >= 4 is 0 Å². The molecular formula is C10H17N2O. The maximum absolute atomic E-state index is 9.75. The first-order chi connectivity index (χ1) is 6.06. The molecule has 0 bridgehead atoms. The normalized spacial score (nSPS) is 30.4. The van der Waals surface area contributed by atoms with Crippen molar-refractivity contribution in [2.75, 3.05) is 19.6 Å². The van der Waals surface area contributed by atoms with Crippen molar-refractivity contribution in [3.05, 3.63) is 5.92 Å². The molecule has 73 valence electrons. The summed E-state index contributed by atoms with van der Waals surface area (Å²) in [5.41, 5.74) is -1.10. The van der Waals surface area contributed by atoms with Gasteiger partial charge in [-0.1, -0.05) is 13.8 Å². The van der Waals surface area contributed by atoms with Crippen molar-refractivity contribution in [2.24, 2.45) is 0 Å². The van der Waals surface area contributed by atoms with Gasteiger partial charge in [0.1, 0.15) is 0 Å². The number of rotatable bonds is 2. The van der Waals surface area contributed by atoms with Gasteiger partial charge in [-0.15, -0.1) is 0 Å². The van der Waals surface area contributed by atoms with Crippen LogP contribution in [0.1, 0.15) is 26.7 Å². The third-order valence-corrected chi connectivity index (χ3v) is 2.30. The molecule has 0 aromatic rings. The van der Waals surface area contributed by atoms with Gasteiger partial charge in [0, 0.05) is 13.1 Å². The first-order valence-electron chi connectivity index (χ1n) is 4.71. The number of nitriles is 1. The summed E-state index contributed by atoms with van der Waals surface area (Å²) in [5.74, 6) is 1.32. The summed E-state index contributed by atoms with van der Waals surface area (Å²) in [7, 11) is 0. The molecule has 3 heteroatoms. The summed E-state index contributed by atoms with van der Waals surface area (Å²) in [4.78, 5) is 2.14. The van der Waals surface area contributed by atoms with Crippen LogP contribution in [0.3, 0.4) is 0 Å². The van der Waals surface area contributed by atoms with Gasteiger partial charge in [-0.05, 0) is 25.3 Å². The van der Waals surface area contributed by atoms with Gasteiger partial charge in [0.25, 0.3) is 0 Å². The fourth-order valence-corrected chi connectivity index (χ4v) is 1.80. The number of nitrogens with zero attached hydrogens (tertiary/aromatic N) is 2. The molecule has 1 rings (SSSR count). The highest BCUT2D eigenvalue weighted by atomic mass is 16.3. The van der Waals surface area contributed by atoms with Crippen LogP contribution in [-0.4, -0.2) is 35.2 Å². The zero-order valence-electron chi connectivity index (χ0n) is 8.38. The van der Waals surface area contributed by atoms with Crippen LogP contribution >= 0.6 is 0 Å². The first kappa shape index (κ1) is 10.5. The Bertz CT molecular complexity index is 209. The summed E-state index contributed by atoms with van der Waals surface area (Å²) in [6.07, 6.45) is 1.53. The summed E-state index contributed by atoms with van der Waals surface area (Å²) in [5, 5.41) is 18.5. The Morgan fingerprint density at radius 3 is 2.85 bits per heavy atom. The lowest BCUT2D eigenvalue weighted by Crippen LogP contribution is -2.47. The van der Waals surface area contributed by atoms with Gasteiger partial charge in [-0.3, -0.25) is 4.90 Å². The lowest BCUT2D eigenvalue weighted by atomic mass is 9.94. The van der Waals surface area contributed by atoms with Crippen LogP contribution in [0.4, 0.5) is 0 Å². The summed E-state index contributed by atoms with van der Waals surface area (Å²) in [6, 6.07) is 1.99. The smallest absolute Gasteiger partial charge is 0.163 e. The number of β-amino-alcohol motifs (C(OH)–C–C–N with tert-alkyl or cyclic N) is 1. The van der Waals surface area contributed by atoms with E-state index in [1.807, 2.05) is 6.07 Å². The number of hydrogen-bond donors (Lipinski definition) is 1. The molecule has 1 saturated heterocycles. The Hall–Kier alpha value is -0.590. The Morgan fingerprint density at radius 2 is 2.31 bits per heavy atom. The minimum atomic E-state index is -1.10. The highest BCUT2D eigenvalue weighted by Crippen LogP contribution is 2.20. The Kier molecular flexibility index (Phi) is 3.29. The molecule has 0 aromatic carbocycles. The molecule has 0 aromatic heterocycles. The molecule has 0 amide bonds.